The minimum Gasteiger partial charge on any atom is -0.316 e. The van der Waals surface area contributed by atoms with Crippen LogP contribution in [0.3, 0.4) is 0 Å². The lowest BCUT2D eigenvalue weighted by molar-refractivity contribution is 0.297. The molecule has 0 aromatic heterocycles. The smallest absolute Gasteiger partial charge is 0.215 e. The molecular weight excluding hydrogens is 224 g/mol. The molecule has 4 nitrogen and oxygen atoms in total. The van der Waals surface area contributed by atoms with Gasteiger partial charge in [0.15, 0.2) is 0 Å². The average molecular weight is 248 g/mol. The zero-order chi connectivity index (χ0) is 12.0. The van der Waals surface area contributed by atoms with Crippen LogP contribution in [0, 0.1) is 5.92 Å². The Kier molecular flexibility index (Phi) is 5.72. The molecular formula is C11H24N2O2S. The standard InChI is InChI=1S/C11H24N2O2S/c1-3-12-9-10(2)16(14,15)13-8-7-11-5-4-6-11/h10-13H,3-9H2,1-2H3. The van der Waals surface area contributed by atoms with Crippen molar-refractivity contribution in [3.63, 3.8) is 0 Å². The molecule has 0 amide bonds. The van der Waals surface area contributed by atoms with Gasteiger partial charge in [-0.2, -0.15) is 0 Å². The van der Waals surface area contributed by atoms with Gasteiger partial charge in [-0.15, -0.1) is 0 Å². The van der Waals surface area contributed by atoms with E-state index in [9.17, 15) is 8.42 Å². The zero-order valence-electron chi connectivity index (χ0n) is 10.3. The first-order chi connectivity index (χ1) is 7.56. The summed E-state index contributed by atoms with van der Waals surface area (Å²) in [6.07, 6.45) is 4.85. The molecule has 1 fully saturated rings. The van der Waals surface area contributed by atoms with E-state index >= 15 is 0 Å². The Hall–Kier alpha value is -0.130. The van der Waals surface area contributed by atoms with Crippen molar-refractivity contribution in [2.45, 2.75) is 44.8 Å². The van der Waals surface area contributed by atoms with Gasteiger partial charge in [-0.05, 0) is 25.8 Å². The number of hydrogen-bond acceptors (Lipinski definition) is 3. The SMILES string of the molecule is CCNCC(C)S(=O)(=O)NCCC1CCC1. The monoisotopic (exact) mass is 248 g/mol. The van der Waals surface area contributed by atoms with Crippen LogP contribution in [0.15, 0.2) is 0 Å². The van der Waals surface area contributed by atoms with Gasteiger partial charge in [0.05, 0.1) is 5.25 Å². The lowest BCUT2D eigenvalue weighted by Gasteiger charge is -2.25. The molecule has 0 heterocycles. The molecule has 2 N–H and O–H groups in total. The predicted octanol–water partition coefficient (Wildman–Crippen LogP) is 1.09. The largest absolute Gasteiger partial charge is 0.316 e. The summed E-state index contributed by atoms with van der Waals surface area (Å²) >= 11 is 0. The second kappa shape index (κ2) is 6.57. The molecule has 0 saturated heterocycles. The summed E-state index contributed by atoms with van der Waals surface area (Å²) in [7, 11) is -3.12. The highest BCUT2D eigenvalue weighted by atomic mass is 32.2. The van der Waals surface area contributed by atoms with Crippen molar-refractivity contribution in [2.75, 3.05) is 19.6 Å². The van der Waals surface area contributed by atoms with E-state index in [2.05, 4.69) is 10.0 Å². The number of rotatable bonds is 8. The normalized spacial score (nSPS) is 19.4. The van der Waals surface area contributed by atoms with Crippen LogP contribution in [0.1, 0.15) is 39.5 Å². The molecule has 1 saturated carbocycles. The van der Waals surface area contributed by atoms with E-state index in [1.165, 1.54) is 19.3 Å². The minimum atomic E-state index is -3.12. The first-order valence-electron chi connectivity index (χ1n) is 6.25. The maximum atomic E-state index is 11.8. The Balaban J connectivity index is 2.20. The van der Waals surface area contributed by atoms with Crippen molar-refractivity contribution in [2.24, 2.45) is 5.92 Å². The van der Waals surface area contributed by atoms with Crippen molar-refractivity contribution in [1.29, 1.82) is 0 Å². The molecule has 0 aromatic carbocycles. The topological polar surface area (TPSA) is 58.2 Å². The lowest BCUT2D eigenvalue weighted by Crippen LogP contribution is -2.39. The van der Waals surface area contributed by atoms with Gasteiger partial charge >= 0.3 is 0 Å². The van der Waals surface area contributed by atoms with E-state index in [4.69, 9.17) is 0 Å². The summed E-state index contributed by atoms with van der Waals surface area (Å²) in [4.78, 5) is 0. The van der Waals surface area contributed by atoms with Gasteiger partial charge < -0.3 is 5.32 Å². The van der Waals surface area contributed by atoms with Crippen molar-refractivity contribution in [3.8, 4) is 0 Å². The van der Waals surface area contributed by atoms with Gasteiger partial charge in [-0.25, -0.2) is 13.1 Å². The van der Waals surface area contributed by atoms with Crippen LogP contribution in [0.2, 0.25) is 0 Å². The second-order valence-corrected chi connectivity index (χ2v) is 6.83. The Labute approximate surface area is 99.2 Å². The molecule has 0 aliphatic heterocycles. The average Bonchev–Trinajstić information content (AvgIpc) is 2.18. The molecule has 1 rings (SSSR count). The summed E-state index contributed by atoms with van der Waals surface area (Å²) < 4.78 is 26.2. The van der Waals surface area contributed by atoms with Gasteiger partial charge in [0.2, 0.25) is 10.0 Å². The molecule has 0 aromatic rings. The second-order valence-electron chi connectivity index (χ2n) is 4.64. The molecule has 5 heteroatoms. The molecule has 1 unspecified atom stereocenters. The molecule has 1 aliphatic carbocycles. The fourth-order valence-corrected chi connectivity index (χ4v) is 2.81. The van der Waals surface area contributed by atoms with E-state index in [-0.39, 0.29) is 5.25 Å². The maximum absolute atomic E-state index is 11.8. The van der Waals surface area contributed by atoms with Gasteiger partial charge in [0.25, 0.3) is 0 Å². The Morgan fingerprint density at radius 1 is 1.38 bits per heavy atom. The first-order valence-corrected chi connectivity index (χ1v) is 7.80. The van der Waals surface area contributed by atoms with E-state index in [0.717, 1.165) is 18.9 Å². The van der Waals surface area contributed by atoms with Crippen LogP contribution in [-0.2, 0) is 10.0 Å². The third-order valence-corrected chi connectivity index (χ3v) is 5.12. The van der Waals surface area contributed by atoms with E-state index in [1.807, 2.05) is 6.92 Å². The molecule has 0 spiro atoms. The molecule has 16 heavy (non-hydrogen) atoms. The maximum Gasteiger partial charge on any atom is 0.215 e. The van der Waals surface area contributed by atoms with Gasteiger partial charge in [0, 0.05) is 13.1 Å². The predicted molar refractivity (Wildman–Crippen MR) is 66.9 cm³/mol. The number of sulfonamides is 1. The lowest BCUT2D eigenvalue weighted by atomic mass is 9.83. The van der Waals surface area contributed by atoms with Crippen LogP contribution in [0.5, 0.6) is 0 Å². The summed E-state index contributed by atoms with van der Waals surface area (Å²) in [5.41, 5.74) is 0. The fourth-order valence-electron chi connectivity index (χ4n) is 1.79. The number of nitrogens with one attached hydrogen (secondary N) is 2. The summed E-state index contributed by atoms with van der Waals surface area (Å²) in [6.45, 7) is 5.65. The van der Waals surface area contributed by atoms with Crippen LogP contribution < -0.4 is 10.0 Å². The van der Waals surface area contributed by atoms with E-state index in [0.29, 0.717) is 13.1 Å². The third kappa shape index (κ3) is 4.39. The highest BCUT2D eigenvalue weighted by Gasteiger charge is 2.21. The third-order valence-electron chi connectivity index (χ3n) is 3.29. The van der Waals surface area contributed by atoms with Crippen molar-refractivity contribution in [3.05, 3.63) is 0 Å². The first kappa shape index (κ1) is 13.9. The van der Waals surface area contributed by atoms with E-state index in [1.54, 1.807) is 6.92 Å². The summed E-state index contributed by atoms with van der Waals surface area (Å²) in [5.74, 6) is 0.756. The van der Waals surface area contributed by atoms with Crippen LogP contribution in [0.25, 0.3) is 0 Å². The summed E-state index contributed by atoms with van der Waals surface area (Å²) in [5, 5.41) is 2.70. The number of hydrogen-bond donors (Lipinski definition) is 2. The zero-order valence-corrected chi connectivity index (χ0v) is 11.1. The molecule has 96 valence electrons. The minimum absolute atomic E-state index is 0.353. The van der Waals surface area contributed by atoms with Crippen LogP contribution in [0.4, 0.5) is 0 Å². The van der Waals surface area contributed by atoms with Gasteiger partial charge in [0.1, 0.15) is 0 Å². The van der Waals surface area contributed by atoms with Crippen molar-refractivity contribution >= 4 is 10.0 Å². The Morgan fingerprint density at radius 2 is 2.06 bits per heavy atom. The van der Waals surface area contributed by atoms with Gasteiger partial charge in [-0.1, -0.05) is 26.2 Å². The summed E-state index contributed by atoms with van der Waals surface area (Å²) in [6, 6.07) is 0. The van der Waals surface area contributed by atoms with Crippen LogP contribution >= 0.6 is 0 Å². The Bertz CT molecular complexity index is 286. The molecule has 0 radical (unpaired) electrons. The van der Waals surface area contributed by atoms with Crippen molar-refractivity contribution < 1.29 is 8.42 Å². The van der Waals surface area contributed by atoms with Crippen LogP contribution in [-0.4, -0.2) is 33.3 Å². The van der Waals surface area contributed by atoms with Gasteiger partial charge in [-0.3, -0.25) is 0 Å². The quantitative estimate of drug-likeness (QED) is 0.676. The molecule has 1 aliphatic rings. The molecule has 0 bridgehead atoms. The molecule has 1 atom stereocenters. The highest BCUT2D eigenvalue weighted by Crippen LogP contribution is 2.28. The van der Waals surface area contributed by atoms with E-state index < -0.39 is 10.0 Å². The Morgan fingerprint density at radius 3 is 2.56 bits per heavy atom. The fraction of sp³-hybridized carbons (Fsp3) is 1.00. The highest BCUT2D eigenvalue weighted by molar-refractivity contribution is 7.90. The van der Waals surface area contributed by atoms with Crippen molar-refractivity contribution in [1.82, 2.24) is 10.0 Å².